The third kappa shape index (κ3) is 6.18. The number of aliphatic carboxylic acids is 1. The number of amides is 4. The van der Waals surface area contributed by atoms with Crippen molar-refractivity contribution in [3.8, 4) is 0 Å². The summed E-state index contributed by atoms with van der Waals surface area (Å²) in [6.07, 6.45) is 1.42. The molecule has 4 amide bonds. The molecule has 1 heterocycles. The maximum Gasteiger partial charge on any atom is 0.325 e. The SMILES string of the molecule is NC(=O)NCCNC(=O)NCc1cn(CC(=O)O)nn1. The second-order valence-corrected chi connectivity index (χ2v) is 3.70. The summed E-state index contributed by atoms with van der Waals surface area (Å²) >= 11 is 0. The number of carbonyl (C=O) groups is 3. The van der Waals surface area contributed by atoms with Gasteiger partial charge in [0.1, 0.15) is 12.2 Å². The van der Waals surface area contributed by atoms with Crippen molar-refractivity contribution in [1.29, 1.82) is 0 Å². The first-order chi connectivity index (χ1) is 9.47. The van der Waals surface area contributed by atoms with Crippen molar-refractivity contribution in [1.82, 2.24) is 30.9 Å². The predicted molar refractivity (Wildman–Crippen MR) is 65.5 cm³/mol. The van der Waals surface area contributed by atoms with Crippen LogP contribution in [0, 0.1) is 0 Å². The van der Waals surface area contributed by atoms with Crippen LogP contribution in [-0.2, 0) is 17.9 Å². The number of carbonyl (C=O) groups excluding carboxylic acids is 2. The van der Waals surface area contributed by atoms with E-state index in [1.807, 2.05) is 0 Å². The number of urea groups is 2. The van der Waals surface area contributed by atoms with E-state index >= 15 is 0 Å². The molecule has 0 aliphatic heterocycles. The summed E-state index contributed by atoms with van der Waals surface area (Å²) in [4.78, 5) is 32.1. The number of nitrogens with two attached hydrogens (primary N) is 1. The molecule has 110 valence electrons. The molecule has 0 unspecified atom stereocenters. The lowest BCUT2D eigenvalue weighted by atomic mass is 10.4. The Morgan fingerprint density at radius 1 is 1.25 bits per heavy atom. The van der Waals surface area contributed by atoms with E-state index in [0.29, 0.717) is 5.69 Å². The number of carboxylic acids is 1. The van der Waals surface area contributed by atoms with Crippen molar-refractivity contribution in [3.05, 3.63) is 11.9 Å². The smallest absolute Gasteiger partial charge is 0.325 e. The molecule has 0 radical (unpaired) electrons. The average Bonchev–Trinajstić information content (AvgIpc) is 2.78. The van der Waals surface area contributed by atoms with Gasteiger partial charge in [0.05, 0.1) is 12.7 Å². The maximum atomic E-state index is 11.3. The second-order valence-electron chi connectivity index (χ2n) is 3.70. The van der Waals surface area contributed by atoms with Crippen LogP contribution in [0.1, 0.15) is 5.69 Å². The molecule has 20 heavy (non-hydrogen) atoms. The van der Waals surface area contributed by atoms with Gasteiger partial charge in [0.25, 0.3) is 0 Å². The maximum absolute atomic E-state index is 11.3. The lowest BCUT2D eigenvalue weighted by molar-refractivity contribution is -0.137. The Morgan fingerprint density at radius 3 is 2.60 bits per heavy atom. The molecular formula is C9H15N7O4. The number of aromatic nitrogens is 3. The molecule has 11 nitrogen and oxygen atoms in total. The minimum atomic E-state index is -1.03. The molecule has 0 bridgehead atoms. The average molecular weight is 285 g/mol. The topological polar surface area (TPSA) is 164 Å². The number of nitrogens with zero attached hydrogens (tertiary/aromatic N) is 3. The molecule has 0 aliphatic carbocycles. The van der Waals surface area contributed by atoms with Gasteiger partial charge in [0, 0.05) is 13.1 Å². The van der Waals surface area contributed by atoms with Crippen LogP contribution in [0.2, 0.25) is 0 Å². The monoisotopic (exact) mass is 285 g/mol. The third-order valence-electron chi connectivity index (χ3n) is 2.02. The fourth-order valence-corrected chi connectivity index (χ4v) is 1.23. The van der Waals surface area contributed by atoms with Gasteiger partial charge in [0.2, 0.25) is 0 Å². The van der Waals surface area contributed by atoms with Crippen LogP contribution >= 0.6 is 0 Å². The zero-order chi connectivity index (χ0) is 15.0. The summed E-state index contributed by atoms with van der Waals surface area (Å²) in [5.74, 6) is -1.03. The Bertz CT molecular complexity index is 486. The van der Waals surface area contributed by atoms with Gasteiger partial charge in [0.15, 0.2) is 0 Å². The number of hydrogen-bond acceptors (Lipinski definition) is 5. The van der Waals surface area contributed by atoms with E-state index in [4.69, 9.17) is 10.8 Å². The van der Waals surface area contributed by atoms with Gasteiger partial charge in [-0.2, -0.15) is 0 Å². The van der Waals surface area contributed by atoms with Crippen LogP contribution in [0.4, 0.5) is 9.59 Å². The van der Waals surface area contributed by atoms with Crippen molar-refractivity contribution in [3.63, 3.8) is 0 Å². The summed E-state index contributed by atoms with van der Waals surface area (Å²) < 4.78 is 1.15. The molecule has 0 saturated heterocycles. The normalized spacial score (nSPS) is 9.80. The quantitative estimate of drug-likeness (QED) is 0.358. The van der Waals surface area contributed by atoms with Crippen LogP contribution in [-0.4, -0.2) is 51.2 Å². The summed E-state index contributed by atoms with van der Waals surface area (Å²) in [5.41, 5.74) is 5.27. The highest BCUT2D eigenvalue weighted by Gasteiger charge is 2.05. The van der Waals surface area contributed by atoms with Crippen LogP contribution in [0.25, 0.3) is 0 Å². The first-order valence-electron chi connectivity index (χ1n) is 5.63. The molecule has 0 fully saturated rings. The van der Waals surface area contributed by atoms with Crippen molar-refractivity contribution >= 4 is 18.0 Å². The second kappa shape index (κ2) is 7.56. The van der Waals surface area contributed by atoms with Gasteiger partial charge in [-0.15, -0.1) is 5.10 Å². The highest BCUT2D eigenvalue weighted by Crippen LogP contribution is 1.92. The first-order valence-corrected chi connectivity index (χ1v) is 5.63. The van der Waals surface area contributed by atoms with Gasteiger partial charge in [-0.1, -0.05) is 5.21 Å². The van der Waals surface area contributed by atoms with Gasteiger partial charge in [-0.05, 0) is 0 Å². The Kier molecular flexibility index (Phi) is 5.75. The van der Waals surface area contributed by atoms with Gasteiger partial charge >= 0.3 is 18.0 Å². The van der Waals surface area contributed by atoms with E-state index in [1.165, 1.54) is 6.20 Å². The minimum Gasteiger partial charge on any atom is -0.480 e. The molecule has 1 rings (SSSR count). The molecule has 0 spiro atoms. The highest BCUT2D eigenvalue weighted by atomic mass is 16.4. The van der Waals surface area contributed by atoms with E-state index < -0.39 is 18.0 Å². The molecule has 0 aliphatic rings. The number of nitrogens with one attached hydrogen (secondary N) is 3. The lowest BCUT2D eigenvalue weighted by Gasteiger charge is -2.06. The predicted octanol–water partition coefficient (Wildman–Crippen LogP) is -2.17. The highest BCUT2D eigenvalue weighted by molar-refractivity contribution is 5.74. The molecule has 0 saturated carbocycles. The number of rotatable bonds is 7. The fraction of sp³-hybridized carbons (Fsp3) is 0.444. The number of primary amides is 1. The lowest BCUT2D eigenvalue weighted by Crippen LogP contribution is -2.41. The van der Waals surface area contributed by atoms with Gasteiger partial charge in [-0.3, -0.25) is 4.79 Å². The Labute approximate surface area is 113 Å². The summed E-state index contributed by atoms with van der Waals surface area (Å²) in [6.45, 7) is 0.255. The minimum absolute atomic E-state index is 0.106. The number of hydrogen-bond donors (Lipinski definition) is 5. The van der Waals surface area contributed by atoms with Gasteiger partial charge < -0.3 is 26.8 Å². The summed E-state index contributed by atoms with van der Waals surface area (Å²) in [7, 11) is 0. The van der Waals surface area contributed by atoms with Crippen molar-refractivity contribution in [2.24, 2.45) is 5.73 Å². The summed E-state index contributed by atoms with van der Waals surface area (Å²) in [6, 6.07) is -1.12. The third-order valence-corrected chi connectivity index (χ3v) is 2.02. The molecule has 0 aromatic carbocycles. The molecule has 0 atom stereocenters. The van der Waals surface area contributed by atoms with E-state index in [0.717, 1.165) is 4.68 Å². The largest absolute Gasteiger partial charge is 0.480 e. The van der Waals surface area contributed by atoms with Crippen LogP contribution in [0.3, 0.4) is 0 Å². The van der Waals surface area contributed by atoms with Crippen LogP contribution in [0.15, 0.2) is 6.20 Å². The van der Waals surface area contributed by atoms with E-state index in [2.05, 4.69) is 26.3 Å². The zero-order valence-corrected chi connectivity index (χ0v) is 10.5. The molecule has 1 aromatic heterocycles. The van der Waals surface area contributed by atoms with Crippen molar-refractivity contribution < 1.29 is 19.5 Å². The molecular weight excluding hydrogens is 270 g/mol. The van der Waals surface area contributed by atoms with Crippen LogP contribution in [0.5, 0.6) is 0 Å². The molecule has 11 heteroatoms. The molecule has 1 aromatic rings. The molecule has 6 N–H and O–H groups in total. The Balaban J connectivity index is 2.22. The zero-order valence-electron chi connectivity index (χ0n) is 10.5. The summed E-state index contributed by atoms with van der Waals surface area (Å²) in [5, 5.41) is 23.1. The van der Waals surface area contributed by atoms with Crippen molar-refractivity contribution in [2.75, 3.05) is 13.1 Å². The number of carboxylic acid groups (broad SMARTS) is 1. The van der Waals surface area contributed by atoms with Crippen molar-refractivity contribution in [2.45, 2.75) is 13.1 Å². The first kappa shape index (κ1) is 15.2. The van der Waals surface area contributed by atoms with E-state index in [9.17, 15) is 14.4 Å². The van der Waals surface area contributed by atoms with E-state index in [1.54, 1.807) is 0 Å². The van der Waals surface area contributed by atoms with Crippen LogP contribution < -0.4 is 21.7 Å². The fourth-order valence-electron chi connectivity index (χ4n) is 1.23. The Hall–Kier alpha value is -2.85. The standard InChI is InChI=1S/C9H15N7O4/c10-8(19)11-1-2-12-9(20)13-3-6-4-16(15-14-6)5-7(17)18/h4H,1-3,5H2,(H,17,18)(H3,10,11,19)(H2,12,13,20). The Morgan fingerprint density at radius 2 is 1.95 bits per heavy atom. The van der Waals surface area contributed by atoms with Gasteiger partial charge in [-0.25, -0.2) is 14.3 Å². The van der Waals surface area contributed by atoms with E-state index in [-0.39, 0.29) is 26.2 Å².